The third kappa shape index (κ3) is 2.67. The van der Waals surface area contributed by atoms with Crippen LogP contribution in [0.15, 0.2) is 18.2 Å². The molecule has 0 saturated heterocycles. The van der Waals surface area contributed by atoms with E-state index in [-0.39, 0.29) is 20.9 Å². The van der Waals surface area contributed by atoms with Gasteiger partial charge in [-0.1, -0.05) is 39.1 Å². The molecule has 20 heavy (non-hydrogen) atoms. The summed E-state index contributed by atoms with van der Waals surface area (Å²) in [6.07, 6.45) is 0. The third-order valence-electron chi connectivity index (χ3n) is 2.64. The van der Waals surface area contributed by atoms with Gasteiger partial charge in [0.25, 0.3) is 0 Å². The highest BCUT2D eigenvalue weighted by atomic mass is 79.9. The Bertz CT molecular complexity index is 639. The number of benzene rings is 2. The average molecular weight is 388 g/mol. The molecule has 0 fully saturated rings. The van der Waals surface area contributed by atoms with E-state index < -0.39 is 34.4 Å². The predicted octanol–water partition coefficient (Wildman–Crippen LogP) is 6.11. The molecule has 0 atom stereocenters. The lowest BCUT2D eigenvalue weighted by Crippen LogP contribution is -2.04. The van der Waals surface area contributed by atoms with E-state index in [1.54, 1.807) is 0 Å². The van der Waals surface area contributed by atoms with Crippen molar-refractivity contribution in [1.29, 1.82) is 0 Å². The van der Waals surface area contributed by atoms with Crippen molar-refractivity contribution in [3.8, 4) is 11.1 Å². The van der Waals surface area contributed by atoms with Crippen LogP contribution in [0.3, 0.4) is 0 Å². The van der Waals surface area contributed by atoms with Crippen molar-refractivity contribution >= 4 is 39.1 Å². The van der Waals surface area contributed by atoms with Gasteiger partial charge in [0.1, 0.15) is 0 Å². The summed E-state index contributed by atoms with van der Waals surface area (Å²) in [4.78, 5) is 0. The van der Waals surface area contributed by atoms with Crippen LogP contribution in [0, 0.1) is 23.3 Å². The van der Waals surface area contributed by atoms with Gasteiger partial charge in [-0.3, -0.25) is 0 Å². The zero-order valence-corrected chi connectivity index (χ0v) is 12.7. The molecule has 2 aromatic rings. The van der Waals surface area contributed by atoms with Gasteiger partial charge in [0.2, 0.25) is 0 Å². The first kappa shape index (κ1) is 15.6. The predicted molar refractivity (Wildman–Crippen MR) is 74.4 cm³/mol. The zero-order chi connectivity index (χ0) is 15.0. The van der Waals surface area contributed by atoms with E-state index in [0.29, 0.717) is 0 Å². The van der Waals surface area contributed by atoms with Crippen molar-refractivity contribution in [3.05, 3.63) is 57.1 Å². The van der Waals surface area contributed by atoms with Gasteiger partial charge in [-0.15, -0.1) is 0 Å². The summed E-state index contributed by atoms with van der Waals surface area (Å²) in [6.45, 7) is 0. The topological polar surface area (TPSA) is 0 Å². The van der Waals surface area contributed by atoms with Crippen LogP contribution in [0.4, 0.5) is 17.6 Å². The minimum Gasteiger partial charge on any atom is -0.203 e. The second-order valence-electron chi connectivity index (χ2n) is 3.90. The minimum atomic E-state index is -1.49. The van der Waals surface area contributed by atoms with Gasteiger partial charge in [0.15, 0.2) is 23.3 Å². The van der Waals surface area contributed by atoms with Crippen molar-refractivity contribution in [2.24, 2.45) is 0 Å². The first-order valence-corrected chi connectivity index (χ1v) is 7.11. The van der Waals surface area contributed by atoms with Crippen LogP contribution in [-0.2, 0) is 5.33 Å². The molecule has 0 aliphatic rings. The molecule has 0 spiro atoms. The Hall–Kier alpha value is -0.780. The highest BCUT2D eigenvalue weighted by Gasteiger charge is 2.25. The van der Waals surface area contributed by atoms with Gasteiger partial charge in [0.05, 0.1) is 5.56 Å². The van der Waals surface area contributed by atoms with Gasteiger partial charge in [0, 0.05) is 20.9 Å². The fourth-order valence-corrected chi connectivity index (χ4v) is 2.76. The van der Waals surface area contributed by atoms with Gasteiger partial charge in [-0.25, -0.2) is 17.6 Å². The van der Waals surface area contributed by atoms with Crippen LogP contribution in [0.1, 0.15) is 5.56 Å². The molecule has 0 nitrogen and oxygen atoms in total. The lowest BCUT2D eigenvalue weighted by molar-refractivity contribution is 0.448. The Balaban J connectivity index is 2.81. The molecule has 0 aliphatic carbocycles. The Morgan fingerprint density at radius 2 is 1.25 bits per heavy atom. The molecule has 2 rings (SSSR count). The van der Waals surface area contributed by atoms with Crippen molar-refractivity contribution in [2.45, 2.75) is 5.33 Å². The SMILES string of the molecule is Fc1c(F)c(-c2cc(Cl)cc(Cl)c2)c(F)c(F)c1CBr. The van der Waals surface area contributed by atoms with Crippen molar-refractivity contribution < 1.29 is 17.6 Å². The molecule has 0 amide bonds. The highest BCUT2D eigenvalue weighted by molar-refractivity contribution is 9.08. The van der Waals surface area contributed by atoms with Crippen LogP contribution >= 0.6 is 39.1 Å². The normalized spacial score (nSPS) is 10.9. The number of hydrogen-bond donors (Lipinski definition) is 0. The number of hydrogen-bond acceptors (Lipinski definition) is 0. The Labute approximate surface area is 130 Å². The van der Waals surface area contributed by atoms with E-state index in [1.165, 1.54) is 18.2 Å². The molecular formula is C13H5BrCl2F4. The van der Waals surface area contributed by atoms with Crippen LogP contribution in [0.25, 0.3) is 11.1 Å². The molecule has 2 aromatic carbocycles. The van der Waals surface area contributed by atoms with Gasteiger partial charge >= 0.3 is 0 Å². The highest BCUT2D eigenvalue weighted by Crippen LogP contribution is 2.35. The van der Waals surface area contributed by atoms with E-state index >= 15 is 0 Å². The summed E-state index contributed by atoms with van der Waals surface area (Å²) in [5.74, 6) is -5.88. The maximum atomic E-state index is 14.0. The van der Waals surface area contributed by atoms with Crippen molar-refractivity contribution in [3.63, 3.8) is 0 Å². The second-order valence-corrected chi connectivity index (χ2v) is 5.33. The summed E-state index contributed by atoms with van der Waals surface area (Å²) in [5, 5.41) is -0.164. The Kier molecular flexibility index (Phi) is 4.62. The number of halogens is 7. The lowest BCUT2D eigenvalue weighted by atomic mass is 10.0. The van der Waals surface area contributed by atoms with E-state index in [0.717, 1.165) is 0 Å². The largest absolute Gasteiger partial charge is 0.203 e. The van der Waals surface area contributed by atoms with Crippen molar-refractivity contribution in [1.82, 2.24) is 0 Å². The molecule has 0 heterocycles. The smallest absolute Gasteiger partial charge is 0.170 e. The summed E-state index contributed by atoms with van der Waals surface area (Å²) in [6, 6.07) is 3.67. The molecule has 0 unspecified atom stereocenters. The zero-order valence-electron chi connectivity index (χ0n) is 9.58. The number of alkyl halides is 1. The lowest BCUT2D eigenvalue weighted by Gasteiger charge is -2.11. The van der Waals surface area contributed by atoms with E-state index in [1.807, 2.05) is 0 Å². The van der Waals surface area contributed by atoms with Gasteiger partial charge < -0.3 is 0 Å². The van der Waals surface area contributed by atoms with Crippen LogP contribution < -0.4 is 0 Å². The summed E-state index contributed by atoms with van der Waals surface area (Å²) < 4.78 is 55.3. The second kappa shape index (κ2) is 5.92. The fourth-order valence-electron chi connectivity index (χ4n) is 1.75. The Morgan fingerprint density at radius 1 is 0.800 bits per heavy atom. The van der Waals surface area contributed by atoms with Crippen LogP contribution in [-0.4, -0.2) is 0 Å². The van der Waals surface area contributed by atoms with Gasteiger partial charge in [-0.2, -0.15) is 0 Å². The molecule has 0 bridgehead atoms. The number of rotatable bonds is 2. The maximum Gasteiger partial charge on any atom is 0.170 e. The molecule has 7 heteroatoms. The Morgan fingerprint density at radius 3 is 1.65 bits per heavy atom. The van der Waals surface area contributed by atoms with E-state index in [2.05, 4.69) is 15.9 Å². The molecule has 0 radical (unpaired) electrons. The third-order valence-corrected chi connectivity index (χ3v) is 3.64. The summed E-state index contributed by atoms with van der Waals surface area (Å²) in [5.41, 5.74) is -1.69. The molecule has 106 valence electrons. The quantitative estimate of drug-likeness (QED) is 0.331. The van der Waals surface area contributed by atoms with Crippen LogP contribution in [0.5, 0.6) is 0 Å². The molecular weight excluding hydrogens is 383 g/mol. The first-order valence-electron chi connectivity index (χ1n) is 5.24. The minimum absolute atomic E-state index is 0.0942. The van der Waals surface area contributed by atoms with E-state index in [9.17, 15) is 17.6 Å². The summed E-state index contributed by atoms with van der Waals surface area (Å²) >= 11 is 14.2. The monoisotopic (exact) mass is 386 g/mol. The molecule has 0 N–H and O–H groups in total. The molecule has 0 aromatic heterocycles. The van der Waals surface area contributed by atoms with Crippen LogP contribution in [0.2, 0.25) is 10.0 Å². The summed E-state index contributed by atoms with van der Waals surface area (Å²) in [7, 11) is 0. The van der Waals surface area contributed by atoms with E-state index in [4.69, 9.17) is 23.2 Å². The molecule has 0 aliphatic heterocycles. The standard InChI is InChI=1S/C13H5BrCl2F4/c14-4-8-10(17)12(19)9(13(20)11(8)18)5-1-6(15)3-7(16)2-5/h1-3H,4H2. The maximum absolute atomic E-state index is 14.0. The molecule has 0 saturated carbocycles. The van der Waals surface area contributed by atoms with Gasteiger partial charge in [-0.05, 0) is 23.8 Å². The first-order chi connectivity index (χ1) is 9.36. The fraction of sp³-hybridized carbons (Fsp3) is 0.0769. The van der Waals surface area contributed by atoms with Crippen molar-refractivity contribution in [2.75, 3.05) is 0 Å². The average Bonchev–Trinajstić information content (AvgIpc) is 2.36.